The van der Waals surface area contributed by atoms with Crippen LogP contribution in [0, 0.1) is 0 Å². The van der Waals surface area contributed by atoms with Gasteiger partial charge in [0.1, 0.15) is 4.88 Å². The van der Waals surface area contributed by atoms with Gasteiger partial charge in [0.25, 0.3) is 0 Å². The zero-order chi connectivity index (χ0) is 16.6. The van der Waals surface area contributed by atoms with E-state index in [-0.39, 0.29) is 11.6 Å². The maximum absolute atomic E-state index is 12.5. The Morgan fingerprint density at radius 2 is 2.09 bits per heavy atom. The first-order valence-corrected chi connectivity index (χ1v) is 7.52. The fraction of sp³-hybridized carbons (Fsp3) is 0.200. The van der Waals surface area contributed by atoms with Gasteiger partial charge in [-0.15, -0.1) is 0 Å². The third kappa shape index (κ3) is 3.21. The maximum atomic E-state index is 12.5. The van der Waals surface area contributed by atoms with Crippen molar-refractivity contribution in [2.24, 2.45) is 7.05 Å². The normalized spacial score (nSPS) is 11.8. The van der Waals surface area contributed by atoms with Crippen molar-refractivity contribution in [3.8, 4) is 0 Å². The van der Waals surface area contributed by atoms with Crippen molar-refractivity contribution in [2.75, 3.05) is 5.32 Å². The van der Waals surface area contributed by atoms with Crippen molar-refractivity contribution in [2.45, 2.75) is 12.6 Å². The number of benzene rings is 1. The Bertz CT molecular complexity index is 866. The summed E-state index contributed by atoms with van der Waals surface area (Å²) in [5.41, 5.74) is 1.80. The Kier molecular flexibility index (Phi) is 3.85. The molecule has 23 heavy (non-hydrogen) atoms. The lowest BCUT2D eigenvalue weighted by atomic mass is 10.1. The summed E-state index contributed by atoms with van der Waals surface area (Å²) in [7, 11) is 1.88. The number of thiazole rings is 1. The summed E-state index contributed by atoms with van der Waals surface area (Å²) in [6.07, 6.45) is -1.82. The molecule has 0 saturated heterocycles. The van der Waals surface area contributed by atoms with Gasteiger partial charge in [0, 0.05) is 24.1 Å². The van der Waals surface area contributed by atoms with Gasteiger partial charge in [-0.05, 0) is 11.6 Å². The molecular weight excluding hydrogens is 327 g/mol. The number of nitrogens with one attached hydrogen (secondary N) is 1. The highest BCUT2D eigenvalue weighted by Gasteiger charge is 2.33. The Morgan fingerprint density at radius 1 is 1.35 bits per heavy atom. The number of anilines is 1. The number of halogens is 3. The summed E-state index contributed by atoms with van der Waals surface area (Å²) in [6.45, 7) is 0. The second-order valence-corrected chi connectivity index (χ2v) is 6.07. The highest BCUT2D eigenvalue weighted by atomic mass is 32.1. The molecule has 0 aliphatic heterocycles. The number of para-hydroxylation sites is 1. The van der Waals surface area contributed by atoms with Crippen molar-refractivity contribution < 1.29 is 18.0 Å². The maximum Gasteiger partial charge on any atom is 0.427 e. The fourth-order valence-electron chi connectivity index (χ4n) is 2.37. The van der Waals surface area contributed by atoms with E-state index in [4.69, 9.17) is 0 Å². The van der Waals surface area contributed by atoms with E-state index in [1.54, 1.807) is 0 Å². The summed E-state index contributed by atoms with van der Waals surface area (Å²) in [4.78, 5) is 14.8. The minimum absolute atomic E-state index is 0.0532. The Morgan fingerprint density at radius 3 is 2.78 bits per heavy atom. The molecule has 1 amide bonds. The van der Waals surface area contributed by atoms with Crippen molar-refractivity contribution in [3.05, 3.63) is 47.1 Å². The van der Waals surface area contributed by atoms with Crippen LogP contribution in [-0.2, 0) is 24.4 Å². The predicted molar refractivity (Wildman–Crippen MR) is 82.4 cm³/mol. The third-order valence-electron chi connectivity index (χ3n) is 3.36. The van der Waals surface area contributed by atoms with Gasteiger partial charge in [-0.25, -0.2) is 4.98 Å². The molecule has 4 nitrogen and oxygen atoms in total. The van der Waals surface area contributed by atoms with Crippen molar-refractivity contribution in [3.63, 3.8) is 0 Å². The Balaban J connectivity index is 1.75. The average Bonchev–Trinajstić information content (AvgIpc) is 3.05. The summed E-state index contributed by atoms with van der Waals surface area (Å²) in [5.74, 6) is -0.399. The van der Waals surface area contributed by atoms with E-state index in [2.05, 4.69) is 10.3 Å². The number of hydrogen-bond acceptors (Lipinski definition) is 3. The molecule has 1 aromatic carbocycles. The molecule has 0 aliphatic rings. The molecule has 0 saturated carbocycles. The van der Waals surface area contributed by atoms with Crippen molar-refractivity contribution in [1.82, 2.24) is 9.55 Å². The van der Waals surface area contributed by atoms with Crippen LogP contribution in [0.2, 0.25) is 0 Å². The second kappa shape index (κ2) is 5.69. The summed E-state index contributed by atoms with van der Waals surface area (Å²) < 4.78 is 39.5. The summed E-state index contributed by atoms with van der Waals surface area (Å²) in [5, 5.41) is 3.31. The van der Waals surface area contributed by atoms with Crippen molar-refractivity contribution >= 4 is 33.3 Å². The number of carbonyl (C=O) groups is 1. The minimum Gasteiger partial charge on any atom is -0.350 e. The molecule has 0 fully saturated rings. The second-order valence-electron chi connectivity index (χ2n) is 5.03. The highest BCUT2D eigenvalue weighted by Crippen LogP contribution is 2.35. The van der Waals surface area contributed by atoms with E-state index in [1.165, 1.54) is 0 Å². The predicted octanol–water partition coefficient (Wildman–Crippen LogP) is 3.83. The van der Waals surface area contributed by atoms with Crippen molar-refractivity contribution in [1.29, 1.82) is 0 Å². The van der Waals surface area contributed by atoms with Gasteiger partial charge in [0.15, 0.2) is 5.13 Å². The number of nitrogens with zero attached hydrogens (tertiary/aromatic N) is 2. The van der Waals surface area contributed by atoms with Crippen LogP contribution in [0.5, 0.6) is 0 Å². The fourth-order valence-corrected chi connectivity index (χ4v) is 3.07. The van der Waals surface area contributed by atoms with Gasteiger partial charge < -0.3 is 9.88 Å². The molecule has 0 unspecified atom stereocenters. The standard InChI is InChI=1S/C15H12F3N3OS/c1-21-8-9(10-4-2-3-5-11(10)21)6-13(22)20-14-19-7-12(23-14)15(16,17)18/h2-5,7-8H,6H2,1H3,(H,19,20,22). The summed E-state index contributed by atoms with van der Waals surface area (Å²) in [6, 6.07) is 7.62. The van der Waals surface area contributed by atoms with Gasteiger partial charge in [-0.3, -0.25) is 4.79 Å². The lowest BCUT2D eigenvalue weighted by Gasteiger charge is -2.02. The largest absolute Gasteiger partial charge is 0.427 e. The number of alkyl halides is 3. The summed E-state index contributed by atoms with van der Waals surface area (Å²) >= 11 is 0.414. The number of carbonyl (C=O) groups excluding carboxylic acids is 1. The number of aromatic nitrogens is 2. The van der Waals surface area contributed by atoms with E-state index >= 15 is 0 Å². The molecular formula is C15H12F3N3OS. The first-order chi connectivity index (χ1) is 10.8. The molecule has 0 atom stereocenters. The number of hydrogen-bond donors (Lipinski definition) is 1. The molecule has 120 valence electrons. The Hall–Kier alpha value is -2.35. The van der Waals surface area contributed by atoms with Crippen LogP contribution in [0.3, 0.4) is 0 Å². The van der Waals surface area contributed by atoms with Crippen LogP contribution in [0.1, 0.15) is 10.4 Å². The zero-order valence-corrected chi connectivity index (χ0v) is 12.8. The molecule has 0 spiro atoms. The van der Waals surface area contributed by atoms with Crippen LogP contribution < -0.4 is 5.32 Å². The molecule has 2 aromatic heterocycles. The van der Waals surface area contributed by atoms with Gasteiger partial charge in [0.05, 0.1) is 12.6 Å². The lowest BCUT2D eigenvalue weighted by molar-refractivity contribution is -0.134. The van der Waals surface area contributed by atoms with Gasteiger partial charge in [-0.1, -0.05) is 29.5 Å². The van der Waals surface area contributed by atoms with E-state index in [0.717, 1.165) is 22.7 Å². The monoisotopic (exact) mass is 339 g/mol. The van der Waals surface area contributed by atoms with E-state index in [0.29, 0.717) is 11.3 Å². The van der Waals surface area contributed by atoms with E-state index < -0.39 is 17.0 Å². The molecule has 0 radical (unpaired) electrons. The SMILES string of the molecule is Cn1cc(CC(=O)Nc2ncc(C(F)(F)F)s2)c2ccccc21. The topological polar surface area (TPSA) is 46.9 Å². The smallest absolute Gasteiger partial charge is 0.350 e. The quantitative estimate of drug-likeness (QED) is 0.788. The van der Waals surface area contributed by atoms with Gasteiger partial charge in [-0.2, -0.15) is 13.2 Å². The van der Waals surface area contributed by atoms with Gasteiger partial charge >= 0.3 is 6.18 Å². The molecule has 8 heteroatoms. The lowest BCUT2D eigenvalue weighted by Crippen LogP contribution is -2.14. The highest BCUT2D eigenvalue weighted by molar-refractivity contribution is 7.15. The zero-order valence-electron chi connectivity index (χ0n) is 12.0. The average molecular weight is 339 g/mol. The third-order valence-corrected chi connectivity index (χ3v) is 4.32. The van der Waals surface area contributed by atoms with Crippen LogP contribution in [0.25, 0.3) is 10.9 Å². The first kappa shape index (κ1) is 15.5. The number of fused-ring (bicyclic) bond motifs is 1. The Labute approximate surface area is 133 Å². The van der Waals surface area contributed by atoms with Crippen LogP contribution in [0.4, 0.5) is 18.3 Å². The van der Waals surface area contributed by atoms with E-state index in [9.17, 15) is 18.0 Å². The molecule has 1 N–H and O–H groups in total. The number of aryl methyl sites for hydroxylation is 1. The molecule has 0 aliphatic carbocycles. The van der Waals surface area contributed by atoms with Gasteiger partial charge in [0.2, 0.25) is 5.91 Å². The molecule has 2 heterocycles. The molecule has 0 bridgehead atoms. The first-order valence-electron chi connectivity index (χ1n) is 6.70. The molecule has 3 aromatic rings. The number of rotatable bonds is 3. The van der Waals surface area contributed by atoms with Crippen LogP contribution >= 0.6 is 11.3 Å². The van der Waals surface area contributed by atoms with E-state index in [1.807, 2.05) is 42.1 Å². The minimum atomic E-state index is -4.45. The number of amides is 1. The molecule has 3 rings (SSSR count). The van der Waals surface area contributed by atoms with Crippen LogP contribution in [0.15, 0.2) is 36.7 Å². The van der Waals surface area contributed by atoms with Crippen LogP contribution in [-0.4, -0.2) is 15.5 Å².